The van der Waals surface area contributed by atoms with E-state index in [1.165, 1.54) is 52.6 Å². The molecular weight excluding hydrogens is 452 g/mol. The Morgan fingerprint density at radius 1 is 0.886 bits per heavy atom. The first-order valence-corrected chi connectivity index (χ1v) is 13.7. The van der Waals surface area contributed by atoms with Crippen LogP contribution in [0.25, 0.3) is 10.2 Å². The second-order valence-corrected chi connectivity index (χ2v) is 10.7. The lowest BCUT2D eigenvalue weighted by atomic mass is 9.97. The van der Waals surface area contributed by atoms with E-state index in [1.807, 2.05) is 11.3 Å². The van der Waals surface area contributed by atoms with E-state index in [0.29, 0.717) is 0 Å². The van der Waals surface area contributed by atoms with Crippen LogP contribution in [-0.4, -0.2) is 49.3 Å². The molecule has 1 aliphatic heterocycles. The minimum atomic E-state index is -0.0165. The summed E-state index contributed by atoms with van der Waals surface area (Å²) < 4.78 is 6.48. The van der Waals surface area contributed by atoms with Crippen molar-refractivity contribution in [3.05, 3.63) is 88.6 Å². The Balaban J connectivity index is 1.09. The van der Waals surface area contributed by atoms with Gasteiger partial charge in [0.25, 0.3) is 0 Å². The lowest BCUT2D eigenvalue weighted by molar-refractivity contribution is -0.901. The van der Waals surface area contributed by atoms with E-state index in [2.05, 4.69) is 70.5 Å². The third kappa shape index (κ3) is 4.83. The summed E-state index contributed by atoms with van der Waals surface area (Å²) in [5.41, 5.74) is 3.96. The van der Waals surface area contributed by atoms with Crippen LogP contribution in [0.2, 0.25) is 0 Å². The van der Waals surface area contributed by atoms with Gasteiger partial charge in [0.05, 0.1) is 38.2 Å². The molecule has 1 fully saturated rings. The Bertz CT molecular complexity index is 1210. The molecule has 3 heterocycles. The van der Waals surface area contributed by atoms with Gasteiger partial charge in [-0.05, 0) is 42.4 Å². The summed E-state index contributed by atoms with van der Waals surface area (Å²) in [6.45, 7) is 6.07. The Morgan fingerprint density at radius 2 is 1.57 bits per heavy atom. The van der Waals surface area contributed by atoms with Gasteiger partial charge in [-0.1, -0.05) is 60.7 Å². The van der Waals surface area contributed by atoms with Crippen molar-refractivity contribution in [1.82, 2.24) is 9.97 Å². The number of hydrogen-bond acceptors (Lipinski definition) is 5. The van der Waals surface area contributed by atoms with E-state index < -0.39 is 0 Å². The largest absolute Gasteiger partial charge is 0.363 e. The van der Waals surface area contributed by atoms with Crippen LogP contribution in [0.3, 0.4) is 0 Å². The van der Waals surface area contributed by atoms with Crippen LogP contribution in [0.4, 0.5) is 5.82 Å². The summed E-state index contributed by atoms with van der Waals surface area (Å²) in [5, 5.41) is 1.34. The van der Waals surface area contributed by atoms with Crippen molar-refractivity contribution in [1.29, 1.82) is 0 Å². The van der Waals surface area contributed by atoms with Crippen molar-refractivity contribution in [2.75, 3.05) is 44.2 Å². The van der Waals surface area contributed by atoms with Gasteiger partial charge in [0, 0.05) is 4.88 Å². The molecule has 0 atom stereocenters. The number of aryl methyl sites for hydroxylation is 2. The predicted molar refractivity (Wildman–Crippen MR) is 143 cm³/mol. The molecule has 180 valence electrons. The number of rotatable bonds is 7. The van der Waals surface area contributed by atoms with Gasteiger partial charge >= 0.3 is 0 Å². The van der Waals surface area contributed by atoms with Gasteiger partial charge in [0.2, 0.25) is 0 Å². The average Bonchev–Trinajstić information content (AvgIpc) is 3.31. The van der Waals surface area contributed by atoms with Crippen LogP contribution in [0.1, 0.15) is 40.5 Å². The molecule has 6 rings (SSSR count). The summed E-state index contributed by atoms with van der Waals surface area (Å²) in [6, 6.07) is 21.1. The Kier molecular flexibility index (Phi) is 6.76. The third-order valence-corrected chi connectivity index (χ3v) is 8.65. The molecule has 1 saturated heterocycles. The normalized spacial score (nSPS) is 16.7. The minimum absolute atomic E-state index is 0.0165. The van der Waals surface area contributed by atoms with Crippen LogP contribution >= 0.6 is 11.3 Å². The SMILES string of the molecule is c1ccc(C(OCC[NH+]2CCN(c3ncnc4sc5c(c34)CCCC5)CC2)c2ccccc2)cc1. The summed E-state index contributed by atoms with van der Waals surface area (Å²) >= 11 is 1.89. The molecule has 0 spiro atoms. The smallest absolute Gasteiger partial charge is 0.141 e. The van der Waals surface area contributed by atoms with Crippen LogP contribution in [0.5, 0.6) is 0 Å². The molecule has 0 amide bonds. The number of nitrogens with zero attached hydrogens (tertiary/aromatic N) is 3. The van der Waals surface area contributed by atoms with Gasteiger partial charge in [-0.15, -0.1) is 11.3 Å². The van der Waals surface area contributed by atoms with Crippen LogP contribution in [-0.2, 0) is 17.6 Å². The van der Waals surface area contributed by atoms with Crippen molar-refractivity contribution in [3.8, 4) is 0 Å². The van der Waals surface area contributed by atoms with Crippen LogP contribution in [0, 0.1) is 0 Å². The van der Waals surface area contributed by atoms with Gasteiger partial charge in [-0.3, -0.25) is 0 Å². The summed E-state index contributed by atoms with van der Waals surface area (Å²) in [4.78, 5) is 16.2. The van der Waals surface area contributed by atoms with E-state index >= 15 is 0 Å². The van der Waals surface area contributed by atoms with E-state index in [9.17, 15) is 0 Å². The van der Waals surface area contributed by atoms with Crippen LogP contribution in [0.15, 0.2) is 67.0 Å². The summed E-state index contributed by atoms with van der Waals surface area (Å²) in [6.07, 6.45) is 6.74. The molecule has 0 bridgehead atoms. The molecule has 1 N–H and O–H groups in total. The molecule has 5 nitrogen and oxygen atoms in total. The predicted octanol–water partition coefficient (Wildman–Crippen LogP) is 4.08. The molecular formula is C29H33N4OS+. The van der Waals surface area contributed by atoms with Crippen molar-refractivity contribution in [2.45, 2.75) is 31.8 Å². The highest BCUT2D eigenvalue weighted by atomic mass is 32.1. The summed E-state index contributed by atoms with van der Waals surface area (Å²) in [5.74, 6) is 1.16. The highest BCUT2D eigenvalue weighted by molar-refractivity contribution is 7.19. The zero-order valence-corrected chi connectivity index (χ0v) is 21.0. The maximum absolute atomic E-state index is 6.48. The number of quaternary nitrogens is 1. The Labute approximate surface area is 211 Å². The second kappa shape index (κ2) is 10.4. The zero-order valence-electron chi connectivity index (χ0n) is 20.2. The monoisotopic (exact) mass is 485 g/mol. The topological polar surface area (TPSA) is 42.7 Å². The molecule has 0 unspecified atom stereocenters. The number of thiophene rings is 1. The number of ether oxygens (including phenoxy) is 1. The second-order valence-electron chi connectivity index (χ2n) is 9.65. The fourth-order valence-electron chi connectivity index (χ4n) is 5.56. The van der Waals surface area contributed by atoms with Crippen LogP contribution < -0.4 is 9.80 Å². The number of fused-ring (bicyclic) bond motifs is 3. The van der Waals surface area contributed by atoms with E-state index in [0.717, 1.165) is 45.1 Å². The van der Waals surface area contributed by atoms with Gasteiger partial charge in [0.15, 0.2) is 0 Å². The van der Waals surface area contributed by atoms with Gasteiger partial charge in [-0.25, -0.2) is 9.97 Å². The van der Waals surface area contributed by atoms with Crippen molar-refractivity contribution < 1.29 is 9.64 Å². The fourth-order valence-corrected chi connectivity index (χ4v) is 6.78. The molecule has 0 radical (unpaired) electrons. The fraction of sp³-hybridized carbons (Fsp3) is 0.379. The lowest BCUT2D eigenvalue weighted by Crippen LogP contribution is -3.15. The van der Waals surface area contributed by atoms with Crippen molar-refractivity contribution >= 4 is 27.4 Å². The summed E-state index contributed by atoms with van der Waals surface area (Å²) in [7, 11) is 0. The Hall–Kier alpha value is -2.80. The van der Waals surface area contributed by atoms with Gasteiger partial charge < -0.3 is 14.5 Å². The molecule has 2 aromatic heterocycles. The number of anilines is 1. The number of aromatic nitrogens is 2. The first-order valence-electron chi connectivity index (χ1n) is 12.9. The zero-order chi connectivity index (χ0) is 23.5. The number of benzene rings is 2. The maximum atomic E-state index is 6.48. The molecule has 4 aromatic rings. The van der Waals surface area contributed by atoms with Crippen molar-refractivity contribution in [2.24, 2.45) is 0 Å². The highest BCUT2D eigenvalue weighted by Gasteiger charge is 2.26. The molecule has 0 saturated carbocycles. The molecule has 1 aliphatic carbocycles. The van der Waals surface area contributed by atoms with Gasteiger partial charge in [-0.2, -0.15) is 0 Å². The molecule has 2 aliphatic rings. The van der Waals surface area contributed by atoms with Crippen molar-refractivity contribution in [3.63, 3.8) is 0 Å². The molecule has 35 heavy (non-hydrogen) atoms. The van der Waals surface area contributed by atoms with E-state index in [4.69, 9.17) is 9.72 Å². The number of piperazine rings is 1. The van der Waals surface area contributed by atoms with E-state index in [-0.39, 0.29) is 6.10 Å². The first-order chi connectivity index (χ1) is 17.4. The third-order valence-electron chi connectivity index (χ3n) is 7.45. The number of hydrogen-bond donors (Lipinski definition) is 1. The van der Waals surface area contributed by atoms with E-state index in [1.54, 1.807) is 16.1 Å². The first kappa shape index (κ1) is 22.7. The molecule has 2 aromatic carbocycles. The maximum Gasteiger partial charge on any atom is 0.141 e. The highest BCUT2D eigenvalue weighted by Crippen LogP contribution is 2.39. The number of nitrogens with one attached hydrogen (secondary N) is 1. The lowest BCUT2D eigenvalue weighted by Gasteiger charge is -2.33. The average molecular weight is 486 g/mol. The molecule has 6 heteroatoms. The Morgan fingerprint density at radius 3 is 2.29 bits per heavy atom. The quantitative estimate of drug-likeness (QED) is 0.428. The van der Waals surface area contributed by atoms with Gasteiger partial charge in [0.1, 0.15) is 29.6 Å². The standard InChI is InChI=1S/C29H32N4OS/c1-3-9-22(10-4-1)27(23-11-5-2-6-12-23)34-20-19-32-15-17-33(18-16-32)28-26-24-13-7-8-14-25(24)35-29(26)31-21-30-28/h1-6,9-12,21,27H,7-8,13-20H2/p+1. The minimum Gasteiger partial charge on any atom is -0.363 e.